The summed E-state index contributed by atoms with van der Waals surface area (Å²) in [5, 5.41) is 5.38. The zero-order chi connectivity index (χ0) is 16.5. The fraction of sp³-hybridized carbons (Fsp3) is 0.357. The van der Waals surface area contributed by atoms with Gasteiger partial charge in [0, 0.05) is 17.4 Å². The normalized spacial score (nSPS) is 11.4. The van der Waals surface area contributed by atoms with Crippen LogP contribution in [0.15, 0.2) is 18.2 Å². The van der Waals surface area contributed by atoms with Crippen molar-refractivity contribution in [3.63, 3.8) is 0 Å². The van der Waals surface area contributed by atoms with Crippen molar-refractivity contribution >= 4 is 41.3 Å². The first-order chi connectivity index (χ1) is 10.5. The molecule has 0 aromatic heterocycles. The molecule has 1 aromatic carbocycles. The van der Waals surface area contributed by atoms with Crippen LogP contribution in [0.1, 0.15) is 10.4 Å². The van der Waals surface area contributed by atoms with Gasteiger partial charge in [0.1, 0.15) is 12.0 Å². The van der Waals surface area contributed by atoms with Gasteiger partial charge in [-0.1, -0.05) is 11.6 Å². The second kappa shape index (κ2) is 9.27. The number of aldehydes is 1. The number of amides is 2. The number of alkyl halides is 1. The van der Waals surface area contributed by atoms with Gasteiger partial charge in [0.05, 0.1) is 25.1 Å². The number of nitrogens with one attached hydrogen (secondary N) is 2. The summed E-state index contributed by atoms with van der Waals surface area (Å²) in [5.41, 5.74) is 0.261. The Morgan fingerprint density at radius 1 is 1.36 bits per heavy atom. The molecule has 0 saturated heterocycles. The van der Waals surface area contributed by atoms with Crippen molar-refractivity contribution in [2.75, 3.05) is 26.1 Å². The van der Waals surface area contributed by atoms with E-state index in [1.54, 1.807) is 12.1 Å². The van der Waals surface area contributed by atoms with Crippen LogP contribution in [0, 0.1) is 5.92 Å². The second-order valence-corrected chi connectivity index (χ2v) is 5.06. The van der Waals surface area contributed by atoms with Crippen LogP contribution < -0.4 is 15.4 Å². The molecule has 0 fully saturated rings. The molecule has 8 heteroatoms. The van der Waals surface area contributed by atoms with E-state index in [9.17, 15) is 14.4 Å². The van der Waals surface area contributed by atoms with Crippen LogP contribution in [0.3, 0.4) is 0 Å². The minimum absolute atomic E-state index is 0.0116. The molecular weight excluding hydrogens is 331 g/mol. The van der Waals surface area contributed by atoms with E-state index in [4.69, 9.17) is 27.9 Å². The van der Waals surface area contributed by atoms with E-state index >= 15 is 0 Å². The maximum atomic E-state index is 12.2. The van der Waals surface area contributed by atoms with Crippen molar-refractivity contribution in [2.45, 2.75) is 0 Å². The van der Waals surface area contributed by atoms with Crippen LogP contribution in [0.4, 0.5) is 0 Å². The van der Waals surface area contributed by atoms with Gasteiger partial charge in [-0.05, 0) is 18.2 Å². The zero-order valence-corrected chi connectivity index (χ0v) is 13.4. The van der Waals surface area contributed by atoms with E-state index < -0.39 is 17.7 Å². The van der Waals surface area contributed by atoms with Crippen molar-refractivity contribution in [1.82, 2.24) is 10.6 Å². The van der Waals surface area contributed by atoms with Gasteiger partial charge >= 0.3 is 0 Å². The lowest BCUT2D eigenvalue weighted by atomic mass is 10.1. The topological polar surface area (TPSA) is 84.5 Å². The Kier molecular flexibility index (Phi) is 7.70. The van der Waals surface area contributed by atoms with E-state index in [0.717, 1.165) is 0 Å². The highest BCUT2D eigenvalue weighted by atomic mass is 35.5. The molecular formula is C14H16Cl2N2O4. The van der Waals surface area contributed by atoms with Gasteiger partial charge in [0.2, 0.25) is 5.91 Å². The molecule has 1 rings (SSSR count). The lowest BCUT2D eigenvalue weighted by Crippen LogP contribution is -2.40. The predicted octanol–water partition coefficient (Wildman–Crippen LogP) is 1.25. The monoisotopic (exact) mass is 346 g/mol. The fourth-order valence-corrected chi connectivity index (χ4v) is 2.09. The predicted molar refractivity (Wildman–Crippen MR) is 83.6 cm³/mol. The third-order valence-electron chi connectivity index (χ3n) is 2.83. The summed E-state index contributed by atoms with van der Waals surface area (Å²) < 4.78 is 5.09. The Morgan fingerprint density at radius 2 is 2.09 bits per heavy atom. The van der Waals surface area contributed by atoms with Gasteiger partial charge in [-0.2, -0.15) is 0 Å². The summed E-state index contributed by atoms with van der Waals surface area (Å²) in [6.45, 7) is -0.0645. The minimum atomic E-state index is -0.643. The molecule has 0 radical (unpaired) electrons. The molecule has 0 heterocycles. The molecule has 0 aliphatic rings. The molecule has 6 nitrogen and oxygen atoms in total. The summed E-state index contributed by atoms with van der Waals surface area (Å²) in [6, 6.07) is 4.65. The molecule has 2 N–H and O–H groups in total. The molecule has 0 aliphatic carbocycles. The molecule has 22 heavy (non-hydrogen) atoms. The van der Waals surface area contributed by atoms with E-state index in [1.165, 1.54) is 13.2 Å². The quantitative estimate of drug-likeness (QED) is 0.548. The number of carbonyl (C=O) groups is 3. The van der Waals surface area contributed by atoms with Crippen LogP contribution in [0.5, 0.6) is 5.75 Å². The number of carbonyl (C=O) groups excluding carboxylic acids is 3. The number of hydrogen-bond donors (Lipinski definition) is 2. The van der Waals surface area contributed by atoms with Gasteiger partial charge in [-0.3, -0.25) is 9.59 Å². The molecule has 1 aromatic rings. The van der Waals surface area contributed by atoms with Crippen molar-refractivity contribution < 1.29 is 19.1 Å². The highest BCUT2D eigenvalue weighted by Crippen LogP contribution is 2.22. The van der Waals surface area contributed by atoms with Crippen molar-refractivity contribution in [2.24, 2.45) is 5.92 Å². The maximum Gasteiger partial charge on any atom is 0.255 e. The average molecular weight is 347 g/mol. The van der Waals surface area contributed by atoms with Crippen LogP contribution in [-0.2, 0) is 9.59 Å². The van der Waals surface area contributed by atoms with E-state index in [1.807, 2.05) is 0 Å². The van der Waals surface area contributed by atoms with Crippen LogP contribution in [0.25, 0.3) is 0 Å². The van der Waals surface area contributed by atoms with Gasteiger partial charge in [-0.25, -0.2) is 0 Å². The number of halogens is 2. The van der Waals surface area contributed by atoms with Crippen LogP contribution in [-0.4, -0.2) is 44.2 Å². The standard InChI is InChI=1S/C14H16Cl2N2O4/c1-22-12-3-2-10(16)6-11(12)14(21)18-8-9(7-15)13(20)17-4-5-19/h2-3,5-6,9H,4,7-8H2,1H3,(H,17,20)(H,18,21). The lowest BCUT2D eigenvalue weighted by Gasteiger charge is -2.15. The smallest absolute Gasteiger partial charge is 0.255 e. The first kappa shape index (κ1) is 18.3. The number of methoxy groups -OCH3 is 1. The van der Waals surface area contributed by atoms with E-state index in [-0.39, 0.29) is 24.5 Å². The summed E-state index contributed by atoms with van der Waals surface area (Å²) in [4.78, 5) is 34.1. The Hall–Kier alpha value is -1.79. The summed E-state index contributed by atoms with van der Waals surface area (Å²) in [5.74, 6) is -1.10. The molecule has 1 unspecified atom stereocenters. The largest absolute Gasteiger partial charge is 0.496 e. The maximum absolute atomic E-state index is 12.2. The number of benzene rings is 1. The zero-order valence-electron chi connectivity index (χ0n) is 11.9. The average Bonchev–Trinajstić information content (AvgIpc) is 2.53. The highest BCUT2D eigenvalue weighted by molar-refractivity contribution is 6.31. The number of hydrogen-bond acceptors (Lipinski definition) is 4. The Bertz CT molecular complexity index is 552. The molecule has 120 valence electrons. The summed E-state index contributed by atoms with van der Waals surface area (Å²) >= 11 is 11.6. The first-order valence-electron chi connectivity index (χ1n) is 6.42. The third kappa shape index (κ3) is 5.20. The number of rotatable bonds is 8. The number of ether oxygens (including phenoxy) is 1. The molecule has 0 saturated carbocycles. The molecule has 2 amide bonds. The van der Waals surface area contributed by atoms with Gasteiger partial charge < -0.3 is 20.2 Å². The summed E-state index contributed by atoms with van der Waals surface area (Å²) in [7, 11) is 1.44. The Morgan fingerprint density at radius 3 is 2.68 bits per heavy atom. The van der Waals surface area contributed by atoms with Crippen LogP contribution in [0.2, 0.25) is 5.02 Å². The molecule has 0 aliphatic heterocycles. The first-order valence-corrected chi connectivity index (χ1v) is 7.33. The molecule has 1 atom stereocenters. The minimum Gasteiger partial charge on any atom is -0.496 e. The third-order valence-corrected chi connectivity index (χ3v) is 3.44. The highest BCUT2D eigenvalue weighted by Gasteiger charge is 2.19. The van der Waals surface area contributed by atoms with Gasteiger partial charge in [0.25, 0.3) is 5.91 Å². The SMILES string of the molecule is COc1ccc(Cl)cc1C(=O)NCC(CCl)C(=O)NCC=O. The van der Waals surface area contributed by atoms with Gasteiger partial charge in [-0.15, -0.1) is 11.6 Å². The van der Waals surface area contributed by atoms with Gasteiger partial charge in [0.15, 0.2) is 0 Å². The second-order valence-electron chi connectivity index (χ2n) is 4.32. The lowest BCUT2D eigenvalue weighted by molar-refractivity contribution is -0.125. The molecule has 0 spiro atoms. The van der Waals surface area contributed by atoms with Crippen molar-refractivity contribution in [3.05, 3.63) is 28.8 Å². The summed E-state index contributed by atoms with van der Waals surface area (Å²) in [6.07, 6.45) is 0.568. The van der Waals surface area contributed by atoms with E-state index in [2.05, 4.69) is 10.6 Å². The Balaban J connectivity index is 2.70. The molecule has 0 bridgehead atoms. The fourth-order valence-electron chi connectivity index (χ4n) is 1.67. The van der Waals surface area contributed by atoms with Crippen LogP contribution >= 0.6 is 23.2 Å². The van der Waals surface area contributed by atoms with Crippen molar-refractivity contribution in [3.8, 4) is 5.75 Å². The van der Waals surface area contributed by atoms with Crippen molar-refractivity contribution in [1.29, 1.82) is 0 Å². The van der Waals surface area contributed by atoms with E-state index in [0.29, 0.717) is 17.1 Å². The Labute approximate surface area is 138 Å².